The molecule has 21 heavy (non-hydrogen) atoms. The van der Waals surface area contributed by atoms with E-state index in [1.54, 1.807) is 25.1 Å². The smallest absolute Gasteiger partial charge is 0.313 e. The Hall–Kier alpha value is -2.68. The van der Waals surface area contributed by atoms with E-state index in [9.17, 15) is 4.79 Å². The minimum absolute atomic E-state index is 0.456. The Morgan fingerprint density at radius 3 is 2.38 bits per heavy atom. The molecule has 0 radical (unpaired) electrons. The summed E-state index contributed by atoms with van der Waals surface area (Å²) >= 11 is 0. The topological polar surface area (TPSA) is 38.7 Å². The first-order valence-corrected chi connectivity index (χ1v) is 6.71. The Kier molecular flexibility index (Phi) is 5.04. The monoisotopic (exact) mass is 279 g/mol. The van der Waals surface area contributed by atoms with Crippen LogP contribution in [-0.2, 0) is 4.84 Å². The van der Waals surface area contributed by atoms with E-state index in [-0.39, 0.29) is 0 Å². The predicted octanol–water partition coefficient (Wildman–Crippen LogP) is 4.24. The second-order valence-corrected chi connectivity index (χ2v) is 4.72. The summed E-state index contributed by atoms with van der Waals surface area (Å²) in [6, 6.07) is 17.0. The van der Waals surface area contributed by atoms with Crippen molar-refractivity contribution < 1.29 is 9.63 Å². The normalized spacial score (nSPS) is 11.6. The molecule has 0 aliphatic heterocycles. The number of hydrogen-bond donors (Lipinski definition) is 0. The molecular formula is C18H17NO2. The Bertz CT molecular complexity index is 655. The minimum atomic E-state index is -0.456. The van der Waals surface area contributed by atoms with Crippen LogP contribution in [0.2, 0.25) is 0 Å². The SMILES string of the molecule is CC(C=Cc1ccccc1)=NOC(=O)c1ccc(C)cc1. The minimum Gasteiger partial charge on any atom is -0.313 e. The second kappa shape index (κ2) is 7.20. The summed E-state index contributed by atoms with van der Waals surface area (Å²) in [7, 11) is 0. The van der Waals surface area contributed by atoms with Crippen LogP contribution in [0.25, 0.3) is 6.08 Å². The lowest BCUT2D eigenvalue weighted by Crippen LogP contribution is -2.02. The van der Waals surface area contributed by atoms with E-state index >= 15 is 0 Å². The standard InChI is InChI=1S/C18H17NO2/c1-14-8-12-17(13-9-14)18(20)21-19-15(2)10-11-16-6-4-3-5-7-16/h3-13H,1-2H3. The molecule has 0 spiro atoms. The van der Waals surface area contributed by atoms with Crippen LogP contribution >= 0.6 is 0 Å². The van der Waals surface area contributed by atoms with E-state index in [0.717, 1.165) is 11.1 Å². The molecule has 106 valence electrons. The first-order valence-electron chi connectivity index (χ1n) is 6.71. The second-order valence-electron chi connectivity index (χ2n) is 4.72. The van der Waals surface area contributed by atoms with E-state index < -0.39 is 5.97 Å². The zero-order valence-electron chi connectivity index (χ0n) is 12.1. The third-order valence-corrected chi connectivity index (χ3v) is 2.88. The van der Waals surface area contributed by atoms with Crippen molar-refractivity contribution in [2.24, 2.45) is 5.16 Å². The summed E-state index contributed by atoms with van der Waals surface area (Å²) < 4.78 is 0. The number of carbonyl (C=O) groups is 1. The summed E-state index contributed by atoms with van der Waals surface area (Å²) in [5, 5.41) is 3.82. The third-order valence-electron chi connectivity index (χ3n) is 2.88. The molecule has 2 rings (SSSR count). The van der Waals surface area contributed by atoms with Gasteiger partial charge in [0.05, 0.1) is 11.3 Å². The van der Waals surface area contributed by atoms with Crippen molar-refractivity contribution >= 4 is 17.8 Å². The van der Waals surface area contributed by atoms with Crippen LogP contribution in [0.5, 0.6) is 0 Å². The van der Waals surface area contributed by atoms with Crippen LogP contribution in [0.3, 0.4) is 0 Å². The number of carbonyl (C=O) groups excluding carboxylic acids is 1. The van der Waals surface area contributed by atoms with Gasteiger partial charge in [0.25, 0.3) is 0 Å². The average molecular weight is 279 g/mol. The van der Waals surface area contributed by atoms with Gasteiger partial charge in [0, 0.05) is 0 Å². The van der Waals surface area contributed by atoms with Crippen molar-refractivity contribution in [2.75, 3.05) is 0 Å². The first-order chi connectivity index (χ1) is 10.1. The van der Waals surface area contributed by atoms with Crippen LogP contribution in [0.15, 0.2) is 65.8 Å². The van der Waals surface area contributed by atoms with Gasteiger partial charge in [-0.05, 0) is 37.6 Å². The van der Waals surface area contributed by atoms with E-state index in [2.05, 4.69) is 5.16 Å². The molecule has 0 fully saturated rings. The molecule has 3 nitrogen and oxygen atoms in total. The Balaban J connectivity index is 1.95. The summed E-state index contributed by atoms with van der Waals surface area (Å²) in [4.78, 5) is 16.7. The Morgan fingerprint density at radius 1 is 1.05 bits per heavy atom. The number of oxime groups is 1. The molecule has 0 unspecified atom stereocenters. The lowest BCUT2D eigenvalue weighted by molar-refractivity contribution is 0.0516. The van der Waals surface area contributed by atoms with Gasteiger partial charge in [0.2, 0.25) is 0 Å². The Morgan fingerprint density at radius 2 is 1.71 bits per heavy atom. The van der Waals surface area contributed by atoms with Crippen LogP contribution < -0.4 is 0 Å². The largest absolute Gasteiger partial charge is 0.365 e. The van der Waals surface area contributed by atoms with Crippen LogP contribution in [-0.4, -0.2) is 11.7 Å². The lowest BCUT2D eigenvalue weighted by Gasteiger charge is -1.99. The maximum absolute atomic E-state index is 11.8. The predicted molar refractivity (Wildman–Crippen MR) is 85.2 cm³/mol. The van der Waals surface area contributed by atoms with Crippen LogP contribution in [0, 0.1) is 6.92 Å². The van der Waals surface area contributed by atoms with Crippen molar-refractivity contribution in [1.29, 1.82) is 0 Å². The molecule has 0 atom stereocenters. The lowest BCUT2D eigenvalue weighted by atomic mass is 10.2. The highest BCUT2D eigenvalue weighted by Crippen LogP contribution is 2.06. The zero-order chi connectivity index (χ0) is 15.1. The molecule has 0 saturated heterocycles. The number of nitrogens with zero attached hydrogens (tertiary/aromatic N) is 1. The number of hydrogen-bond acceptors (Lipinski definition) is 3. The fourth-order valence-corrected chi connectivity index (χ4v) is 1.67. The molecule has 0 amide bonds. The van der Waals surface area contributed by atoms with Gasteiger partial charge in [0.15, 0.2) is 0 Å². The van der Waals surface area contributed by atoms with Crippen LogP contribution in [0.4, 0.5) is 0 Å². The van der Waals surface area contributed by atoms with Gasteiger partial charge >= 0.3 is 5.97 Å². The highest BCUT2D eigenvalue weighted by molar-refractivity contribution is 5.97. The molecular weight excluding hydrogens is 262 g/mol. The van der Waals surface area contributed by atoms with Crippen molar-refractivity contribution in [3.05, 3.63) is 77.4 Å². The molecule has 0 N–H and O–H groups in total. The van der Waals surface area contributed by atoms with Crippen LogP contribution in [0.1, 0.15) is 28.4 Å². The average Bonchev–Trinajstić information content (AvgIpc) is 2.52. The van der Waals surface area contributed by atoms with Crippen molar-refractivity contribution in [3.63, 3.8) is 0 Å². The molecule has 0 aliphatic rings. The molecule has 3 heteroatoms. The maximum atomic E-state index is 11.8. The number of allylic oxidation sites excluding steroid dienone is 1. The van der Waals surface area contributed by atoms with E-state index in [1.165, 1.54) is 0 Å². The number of benzene rings is 2. The summed E-state index contributed by atoms with van der Waals surface area (Å²) in [6.07, 6.45) is 3.72. The van der Waals surface area contributed by atoms with Crippen molar-refractivity contribution in [2.45, 2.75) is 13.8 Å². The van der Waals surface area contributed by atoms with Crippen molar-refractivity contribution in [1.82, 2.24) is 0 Å². The molecule has 2 aromatic rings. The number of rotatable bonds is 4. The number of aryl methyl sites for hydroxylation is 1. The van der Waals surface area contributed by atoms with Gasteiger partial charge < -0.3 is 4.84 Å². The summed E-state index contributed by atoms with van der Waals surface area (Å²) in [5.74, 6) is -0.456. The van der Waals surface area contributed by atoms with Gasteiger partial charge in [0.1, 0.15) is 0 Å². The van der Waals surface area contributed by atoms with Gasteiger partial charge in [-0.2, -0.15) is 0 Å². The van der Waals surface area contributed by atoms with Gasteiger partial charge in [-0.15, -0.1) is 0 Å². The molecule has 0 aromatic heterocycles. The fraction of sp³-hybridized carbons (Fsp3) is 0.111. The van der Waals surface area contributed by atoms with E-state index in [0.29, 0.717) is 11.3 Å². The van der Waals surface area contributed by atoms with E-state index in [1.807, 2.05) is 55.5 Å². The maximum Gasteiger partial charge on any atom is 0.365 e. The van der Waals surface area contributed by atoms with Gasteiger partial charge in [-0.1, -0.05) is 59.3 Å². The Labute approximate surface area is 124 Å². The highest BCUT2D eigenvalue weighted by Gasteiger charge is 2.05. The highest BCUT2D eigenvalue weighted by atomic mass is 16.7. The van der Waals surface area contributed by atoms with Gasteiger partial charge in [-0.25, -0.2) is 4.79 Å². The fourth-order valence-electron chi connectivity index (χ4n) is 1.67. The molecule has 0 heterocycles. The quantitative estimate of drug-likeness (QED) is 0.477. The molecule has 0 aliphatic carbocycles. The third kappa shape index (κ3) is 4.73. The van der Waals surface area contributed by atoms with E-state index in [4.69, 9.17) is 4.84 Å². The summed E-state index contributed by atoms with van der Waals surface area (Å²) in [5.41, 5.74) is 3.28. The zero-order valence-corrected chi connectivity index (χ0v) is 12.1. The van der Waals surface area contributed by atoms with Crippen molar-refractivity contribution in [3.8, 4) is 0 Å². The molecule has 0 bridgehead atoms. The first kappa shape index (κ1) is 14.7. The molecule has 2 aromatic carbocycles. The summed E-state index contributed by atoms with van der Waals surface area (Å²) in [6.45, 7) is 3.74. The molecule has 0 saturated carbocycles. The van der Waals surface area contributed by atoms with Gasteiger partial charge in [-0.3, -0.25) is 0 Å².